The highest BCUT2D eigenvalue weighted by Gasteiger charge is 2.30. The van der Waals surface area contributed by atoms with Crippen molar-refractivity contribution in [2.75, 3.05) is 14.2 Å². The summed E-state index contributed by atoms with van der Waals surface area (Å²) in [6.45, 7) is 0. The van der Waals surface area contributed by atoms with Gasteiger partial charge in [0.1, 0.15) is 28.7 Å². The van der Waals surface area contributed by atoms with Gasteiger partial charge in [-0.25, -0.2) is 0 Å². The van der Waals surface area contributed by atoms with E-state index in [2.05, 4.69) is 20.3 Å². The Balaban J connectivity index is 1.47. The highest BCUT2D eigenvalue weighted by atomic mass is 16.5. The van der Waals surface area contributed by atoms with Gasteiger partial charge in [-0.3, -0.25) is 9.36 Å². The van der Waals surface area contributed by atoms with Crippen molar-refractivity contribution in [1.82, 2.24) is 24.9 Å². The molecule has 0 unspecified atom stereocenters. The summed E-state index contributed by atoms with van der Waals surface area (Å²) < 4.78 is 23.7. The maximum absolute atomic E-state index is 13.9. The van der Waals surface area contributed by atoms with Gasteiger partial charge in [0.05, 0.1) is 20.6 Å². The smallest absolute Gasteiger partial charge is 0.275 e. The number of rotatable bonds is 8. The number of hydrogen-bond donors (Lipinski definition) is 1. The van der Waals surface area contributed by atoms with Gasteiger partial charge in [0, 0.05) is 11.8 Å². The van der Waals surface area contributed by atoms with Gasteiger partial charge in [0.15, 0.2) is 11.1 Å². The lowest BCUT2D eigenvalue weighted by molar-refractivity contribution is 0.388. The van der Waals surface area contributed by atoms with Gasteiger partial charge < -0.3 is 23.5 Å². The molecule has 3 aromatic heterocycles. The molecule has 188 valence electrons. The number of fused-ring (bicyclic) bond motifs is 1. The van der Waals surface area contributed by atoms with Crippen molar-refractivity contribution in [1.29, 1.82) is 0 Å². The Hall–Kier alpha value is -4.67. The summed E-state index contributed by atoms with van der Waals surface area (Å²) in [5.41, 5.74) is 0.850. The fraction of sp³-hybridized carbons (Fsp3) is 0.269. The van der Waals surface area contributed by atoms with Crippen molar-refractivity contribution in [3.63, 3.8) is 0 Å². The Labute approximate surface area is 210 Å². The number of ether oxygens (including phenoxy) is 2. The van der Waals surface area contributed by atoms with Gasteiger partial charge in [-0.2, -0.15) is 4.98 Å². The molecule has 0 spiro atoms. The summed E-state index contributed by atoms with van der Waals surface area (Å²) in [6.07, 6.45) is 2.77. The maximum Gasteiger partial charge on any atom is 0.275 e. The minimum absolute atomic E-state index is 0.154. The Kier molecular flexibility index (Phi) is 5.59. The molecule has 0 atom stereocenters. The van der Waals surface area contributed by atoms with Crippen LogP contribution in [0.5, 0.6) is 17.4 Å². The summed E-state index contributed by atoms with van der Waals surface area (Å²) in [7, 11) is 3.02. The fourth-order valence-corrected chi connectivity index (χ4v) is 4.37. The second kappa shape index (κ2) is 9.08. The molecule has 37 heavy (non-hydrogen) atoms. The molecule has 1 saturated carbocycles. The Morgan fingerprint density at radius 3 is 2.54 bits per heavy atom. The van der Waals surface area contributed by atoms with Crippen LogP contribution in [0.25, 0.3) is 28.1 Å². The molecule has 0 bridgehead atoms. The molecule has 1 N–H and O–H groups in total. The van der Waals surface area contributed by atoms with Crippen LogP contribution >= 0.6 is 0 Å². The van der Waals surface area contributed by atoms with Gasteiger partial charge in [0.25, 0.3) is 11.4 Å². The number of aromatic hydroxyl groups is 1. The van der Waals surface area contributed by atoms with E-state index in [1.165, 1.54) is 18.8 Å². The Morgan fingerprint density at radius 2 is 1.81 bits per heavy atom. The SMILES string of the molecule is COc1cccc(OC)c1-n1c(CC2CC2)nc(O)c(-c2nnc(Cc3noc4ccccc34)o2)c1=O. The average Bonchev–Trinajstić information content (AvgIpc) is 3.45. The lowest BCUT2D eigenvalue weighted by Crippen LogP contribution is -2.26. The largest absolute Gasteiger partial charge is 0.494 e. The lowest BCUT2D eigenvalue weighted by Gasteiger charge is -2.18. The van der Waals surface area contributed by atoms with Crippen LogP contribution < -0.4 is 15.0 Å². The summed E-state index contributed by atoms with van der Waals surface area (Å²) in [4.78, 5) is 18.3. The van der Waals surface area contributed by atoms with E-state index in [-0.39, 0.29) is 23.8 Å². The molecule has 1 aliphatic carbocycles. The third-order valence-electron chi connectivity index (χ3n) is 6.38. The van der Waals surface area contributed by atoms with E-state index in [9.17, 15) is 9.90 Å². The average molecular weight is 501 g/mol. The standard InChI is InChI=1S/C26H23N5O6/c1-34-18-8-5-9-19(35-2)23(18)31-20(12-14-10-11-14)27-24(32)22(26(31)33)25-29-28-21(36-25)13-16-15-6-3-4-7-17(15)37-30-16/h3-9,14,32H,10-13H2,1-2H3. The molecule has 0 saturated heterocycles. The molecular formula is C26H23N5O6. The van der Waals surface area contributed by atoms with E-state index in [0.717, 1.165) is 18.2 Å². The number of hydrogen-bond acceptors (Lipinski definition) is 10. The Bertz CT molecular complexity index is 1640. The predicted molar refractivity (Wildman–Crippen MR) is 131 cm³/mol. The van der Waals surface area contributed by atoms with Crippen molar-refractivity contribution in [2.45, 2.75) is 25.7 Å². The van der Waals surface area contributed by atoms with Gasteiger partial charge in [0.2, 0.25) is 11.8 Å². The molecule has 2 aromatic carbocycles. The van der Waals surface area contributed by atoms with Crippen LogP contribution in [0.2, 0.25) is 0 Å². The Morgan fingerprint density at radius 1 is 1.05 bits per heavy atom. The zero-order valence-electron chi connectivity index (χ0n) is 20.2. The minimum Gasteiger partial charge on any atom is -0.494 e. The van der Waals surface area contributed by atoms with E-state index in [0.29, 0.717) is 46.6 Å². The van der Waals surface area contributed by atoms with Crippen molar-refractivity contribution >= 4 is 11.0 Å². The summed E-state index contributed by atoms with van der Waals surface area (Å²) in [5, 5.41) is 23.9. The van der Waals surface area contributed by atoms with E-state index in [4.69, 9.17) is 18.4 Å². The number of para-hydroxylation sites is 2. The number of aromatic nitrogens is 5. The van der Waals surface area contributed by atoms with Crippen LogP contribution in [0, 0.1) is 5.92 Å². The van der Waals surface area contributed by atoms with Gasteiger partial charge >= 0.3 is 0 Å². The zero-order valence-corrected chi connectivity index (χ0v) is 20.2. The molecule has 3 heterocycles. The van der Waals surface area contributed by atoms with Gasteiger partial charge in [-0.15, -0.1) is 10.2 Å². The first-order valence-corrected chi connectivity index (χ1v) is 11.8. The maximum atomic E-state index is 13.9. The van der Waals surface area contributed by atoms with E-state index in [1.54, 1.807) is 18.2 Å². The topological polar surface area (TPSA) is 139 Å². The third-order valence-corrected chi connectivity index (χ3v) is 6.38. The van der Waals surface area contributed by atoms with Gasteiger partial charge in [-0.1, -0.05) is 23.4 Å². The molecule has 11 nitrogen and oxygen atoms in total. The van der Waals surface area contributed by atoms with Crippen LogP contribution in [0.3, 0.4) is 0 Å². The second-order valence-electron chi connectivity index (χ2n) is 8.83. The van der Waals surface area contributed by atoms with Crippen molar-refractivity contribution in [2.24, 2.45) is 5.92 Å². The summed E-state index contributed by atoms with van der Waals surface area (Å²) in [5.74, 6) is 1.19. The number of benzene rings is 2. The third kappa shape index (κ3) is 4.07. The molecule has 1 aliphatic rings. The summed E-state index contributed by atoms with van der Waals surface area (Å²) in [6, 6.07) is 12.6. The monoisotopic (exact) mass is 501 g/mol. The van der Waals surface area contributed by atoms with Crippen molar-refractivity contribution in [3.05, 3.63) is 70.2 Å². The number of nitrogens with zero attached hydrogens (tertiary/aromatic N) is 5. The lowest BCUT2D eigenvalue weighted by atomic mass is 10.2. The van der Waals surface area contributed by atoms with Crippen molar-refractivity contribution in [3.8, 4) is 34.5 Å². The van der Waals surface area contributed by atoms with Crippen LogP contribution in [0.4, 0.5) is 0 Å². The first kappa shape index (κ1) is 22.8. The van der Waals surface area contributed by atoms with Crippen LogP contribution in [0.1, 0.15) is 30.3 Å². The normalized spacial score (nSPS) is 13.2. The molecular weight excluding hydrogens is 478 g/mol. The second-order valence-corrected chi connectivity index (χ2v) is 8.83. The van der Waals surface area contributed by atoms with Crippen LogP contribution in [-0.4, -0.2) is 44.2 Å². The van der Waals surface area contributed by atoms with Crippen LogP contribution in [-0.2, 0) is 12.8 Å². The number of methoxy groups -OCH3 is 2. The van der Waals surface area contributed by atoms with Crippen molar-refractivity contribution < 1.29 is 23.5 Å². The first-order chi connectivity index (χ1) is 18.1. The molecule has 11 heteroatoms. The quantitative estimate of drug-likeness (QED) is 0.335. The van der Waals surface area contributed by atoms with E-state index < -0.39 is 11.4 Å². The minimum atomic E-state index is -0.576. The molecule has 0 radical (unpaired) electrons. The molecule has 0 aliphatic heterocycles. The van der Waals surface area contributed by atoms with E-state index >= 15 is 0 Å². The highest BCUT2D eigenvalue weighted by molar-refractivity contribution is 5.79. The molecule has 5 aromatic rings. The molecule has 0 amide bonds. The first-order valence-electron chi connectivity index (χ1n) is 11.8. The van der Waals surface area contributed by atoms with Gasteiger partial charge in [-0.05, 0) is 43.0 Å². The van der Waals surface area contributed by atoms with Crippen LogP contribution in [0.15, 0.2) is 56.2 Å². The summed E-state index contributed by atoms with van der Waals surface area (Å²) >= 11 is 0. The van der Waals surface area contributed by atoms with E-state index in [1.807, 2.05) is 24.3 Å². The predicted octanol–water partition coefficient (Wildman–Crippen LogP) is 3.69. The molecule has 1 fully saturated rings. The fourth-order valence-electron chi connectivity index (χ4n) is 4.37. The zero-order chi connectivity index (χ0) is 25.5. The highest BCUT2D eigenvalue weighted by Crippen LogP contribution is 2.37. The molecule has 6 rings (SSSR count).